The third-order valence-electron chi connectivity index (χ3n) is 2.58. The van der Waals surface area contributed by atoms with Gasteiger partial charge in [-0.15, -0.1) is 0 Å². The van der Waals surface area contributed by atoms with Gasteiger partial charge < -0.3 is 11.1 Å². The van der Waals surface area contributed by atoms with Crippen LogP contribution in [0.1, 0.15) is 19.8 Å². The summed E-state index contributed by atoms with van der Waals surface area (Å²) in [6.07, 6.45) is 1.24. The number of thiocarbonyl (C=S) groups is 1. The van der Waals surface area contributed by atoms with E-state index in [1.54, 1.807) is 0 Å². The van der Waals surface area contributed by atoms with E-state index < -0.39 is 10.0 Å². The zero-order chi connectivity index (χ0) is 13.1. The molecule has 3 N–H and O–H groups in total. The third kappa shape index (κ3) is 4.57. The van der Waals surface area contributed by atoms with Crippen LogP contribution in [-0.2, 0) is 14.8 Å². The van der Waals surface area contributed by atoms with Gasteiger partial charge in [0, 0.05) is 26.1 Å². The van der Waals surface area contributed by atoms with Crippen molar-refractivity contribution in [2.24, 2.45) is 5.73 Å². The molecule has 0 aliphatic carbocycles. The van der Waals surface area contributed by atoms with Crippen LogP contribution in [-0.4, -0.2) is 48.5 Å². The van der Waals surface area contributed by atoms with Gasteiger partial charge in [-0.2, -0.15) is 0 Å². The quantitative estimate of drug-likeness (QED) is 0.658. The number of carbonyl (C=O) groups excluding carboxylic acids is 1. The molecule has 98 valence electrons. The highest BCUT2D eigenvalue weighted by atomic mass is 32.2. The highest BCUT2D eigenvalue weighted by molar-refractivity contribution is 7.92. The fourth-order valence-corrected chi connectivity index (χ4v) is 3.59. The summed E-state index contributed by atoms with van der Waals surface area (Å²) < 4.78 is 25.0. The van der Waals surface area contributed by atoms with E-state index in [1.165, 1.54) is 11.2 Å². The Labute approximate surface area is 107 Å². The fraction of sp³-hybridized carbons (Fsp3) is 0.778. The molecule has 1 aliphatic heterocycles. The number of hydrogen-bond acceptors (Lipinski definition) is 4. The Morgan fingerprint density at radius 1 is 1.47 bits per heavy atom. The number of nitrogens with zero attached hydrogens (tertiary/aromatic N) is 1. The molecule has 8 heteroatoms. The highest BCUT2D eigenvalue weighted by Crippen LogP contribution is 2.14. The molecule has 0 aromatic rings. The van der Waals surface area contributed by atoms with Crippen LogP contribution in [0.4, 0.5) is 0 Å². The van der Waals surface area contributed by atoms with Crippen LogP contribution in [0.3, 0.4) is 0 Å². The lowest BCUT2D eigenvalue weighted by molar-refractivity contribution is -0.119. The number of nitrogens with two attached hydrogens (primary N) is 1. The maximum absolute atomic E-state index is 11.8. The van der Waals surface area contributed by atoms with Crippen molar-refractivity contribution in [3.63, 3.8) is 0 Å². The lowest BCUT2D eigenvalue weighted by atomic mass is 10.1. The van der Waals surface area contributed by atoms with Crippen LogP contribution in [0.25, 0.3) is 0 Å². The van der Waals surface area contributed by atoms with E-state index in [2.05, 4.69) is 17.5 Å². The maximum atomic E-state index is 11.8. The van der Waals surface area contributed by atoms with Gasteiger partial charge in [-0.3, -0.25) is 4.79 Å². The van der Waals surface area contributed by atoms with E-state index in [0.717, 1.165) is 0 Å². The molecule has 1 saturated heterocycles. The number of piperidine rings is 1. The minimum atomic E-state index is -3.38. The van der Waals surface area contributed by atoms with Gasteiger partial charge >= 0.3 is 0 Å². The lowest BCUT2D eigenvalue weighted by Crippen LogP contribution is -2.47. The van der Waals surface area contributed by atoms with E-state index in [-0.39, 0.29) is 22.7 Å². The first-order chi connectivity index (χ1) is 7.81. The number of carbonyl (C=O) groups is 1. The van der Waals surface area contributed by atoms with E-state index in [9.17, 15) is 13.2 Å². The number of amides is 1. The van der Waals surface area contributed by atoms with Crippen molar-refractivity contribution in [2.45, 2.75) is 25.8 Å². The van der Waals surface area contributed by atoms with Gasteiger partial charge in [0.25, 0.3) is 0 Å². The Morgan fingerprint density at radius 3 is 2.41 bits per heavy atom. The van der Waals surface area contributed by atoms with Crippen molar-refractivity contribution in [1.29, 1.82) is 0 Å². The van der Waals surface area contributed by atoms with Gasteiger partial charge in [0.15, 0.2) is 0 Å². The Kier molecular flexibility index (Phi) is 4.84. The van der Waals surface area contributed by atoms with Crippen molar-refractivity contribution in [3.8, 4) is 0 Å². The van der Waals surface area contributed by atoms with Gasteiger partial charge in [0.1, 0.15) is 5.75 Å². The molecule has 1 aliphatic rings. The largest absolute Gasteiger partial charge is 0.392 e. The van der Waals surface area contributed by atoms with Crippen molar-refractivity contribution >= 4 is 33.1 Å². The van der Waals surface area contributed by atoms with E-state index in [0.29, 0.717) is 25.9 Å². The molecule has 1 heterocycles. The Balaban J connectivity index is 2.51. The molecule has 0 spiro atoms. The van der Waals surface area contributed by atoms with Crippen LogP contribution in [0.2, 0.25) is 0 Å². The summed E-state index contributed by atoms with van der Waals surface area (Å²) in [7, 11) is -3.38. The SMILES string of the molecule is CC(=O)NC1CCN(S(=O)(=O)CC(N)=S)CC1. The molecule has 1 amide bonds. The van der Waals surface area contributed by atoms with Gasteiger partial charge in [-0.25, -0.2) is 12.7 Å². The van der Waals surface area contributed by atoms with Gasteiger partial charge in [0.2, 0.25) is 15.9 Å². The molecule has 0 saturated carbocycles. The minimum absolute atomic E-state index is 0.0195. The predicted molar refractivity (Wildman–Crippen MR) is 69.0 cm³/mol. The van der Waals surface area contributed by atoms with Gasteiger partial charge in [-0.05, 0) is 12.8 Å². The van der Waals surface area contributed by atoms with Crippen LogP contribution in [0.5, 0.6) is 0 Å². The monoisotopic (exact) mass is 279 g/mol. The minimum Gasteiger partial charge on any atom is -0.392 e. The number of hydrogen-bond donors (Lipinski definition) is 2. The summed E-state index contributed by atoms with van der Waals surface area (Å²) in [4.78, 5) is 10.8. The number of sulfonamides is 1. The average Bonchev–Trinajstić information content (AvgIpc) is 2.15. The predicted octanol–water partition coefficient (Wildman–Crippen LogP) is -0.797. The topological polar surface area (TPSA) is 92.5 Å². The molecule has 0 aromatic carbocycles. The van der Waals surface area contributed by atoms with Crippen LogP contribution < -0.4 is 11.1 Å². The second-order valence-electron chi connectivity index (χ2n) is 4.10. The van der Waals surface area contributed by atoms with E-state index in [1.807, 2.05) is 0 Å². The molecular weight excluding hydrogens is 262 g/mol. The molecule has 0 bridgehead atoms. The Bertz CT molecular complexity index is 400. The van der Waals surface area contributed by atoms with E-state index >= 15 is 0 Å². The van der Waals surface area contributed by atoms with Crippen molar-refractivity contribution < 1.29 is 13.2 Å². The summed E-state index contributed by atoms with van der Waals surface area (Å²) in [5.41, 5.74) is 5.25. The molecule has 0 atom stereocenters. The Hall–Kier alpha value is -0.730. The molecule has 0 unspecified atom stereocenters. The number of rotatable bonds is 4. The summed E-state index contributed by atoms with van der Waals surface area (Å²) in [5, 5.41) is 2.78. The zero-order valence-electron chi connectivity index (χ0n) is 9.68. The van der Waals surface area contributed by atoms with Crippen LogP contribution in [0, 0.1) is 0 Å². The first kappa shape index (κ1) is 14.3. The average molecular weight is 279 g/mol. The third-order valence-corrected chi connectivity index (χ3v) is 4.73. The van der Waals surface area contributed by atoms with Gasteiger partial charge in [-0.1, -0.05) is 12.2 Å². The summed E-state index contributed by atoms with van der Waals surface area (Å²) in [6.45, 7) is 2.25. The standard InChI is InChI=1S/C9H17N3O3S2/c1-7(13)11-8-2-4-12(5-3-8)17(14,15)6-9(10)16/h8H,2-6H2,1H3,(H2,10,16)(H,11,13). The molecule has 1 rings (SSSR count). The molecule has 0 radical (unpaired) electrons. The Morgan fingerprint density at radius 2 is 2.00 bits per heavy atom. The second-order valence-corrected chi connectivity index (χ2v) is 6.59. The van der Waals surface area contributed by atoms with Crippen LogP contribution >= 0.6 is 12.2 Å². The highest BCUT2D eigenvalue weighted by Gasteiger charge is 2.28. The molecular formula is C9H17N3O3S2. The molecule has 0 aromatic heterocycles. The lowest BCUT2D eigenvalue weighted by Gasteiger charge is -2.31. The van der Waals surface area contributed by atoms with Gasteiger partial charge in [0.05, 0.1) is 4.99 Å². The van der Waals surface area contributed by atoms with Crippen molar-refractivity contribution in [2.75, 3.05) is 18.8 Å². The summed E-state index contributed by atoms with van der Waals surface area (Å²) >= 11 is 4.61. The molecule has 6 nitrogen and oxygen atoms in total. The first-order valence-corrected chi connectivity index (χ1v) is 7.36. The van der Waals surface area contributed by atoms with E-state index in [4.69, 9.17) is 5.73 Å². The normalized spacial score (nSPS) is 18.9. The van der Waals surface area contributed by atoms with Crippen molar-refractivity contribution in [3.05, 3.63) is 0 Å². The fourth-order valence-electron chi connectivity index (χ4n) is 1.84. The molecule has 17 heavy (non-hydrogen) atoms. The second kappa shape index (κ2) is 5.74. The summed E-state index contributed by atoms with van der Waals surface area (Å²) in [6, 6.07) is 0.0591. The zero-order valence-corrected chi connectivity index (χ0v) is 11.3. The summed E-state index contributed by atoms with van der Waals surface area (Å²) in [5.74, 6) is -0.373. The molecule has 1 fully saturated rings. The van der Waals surface area contributed by atoms with Crippen LogP contribution in [0.15, 0.2) is 0 Å². The first-order valence-electron chi connectivity index (χ1n) is 5.34. The number of nitrogens with one attached hydrogen (secondary N) is 1. The smallest absolute Gasteiger partial charge is 0.220 e. The van der Waals surface area contributed by atoms with Crippen molar-refractivity contribution in [1.82, 2.24) is 9.62 Å². The maximum Gasteiger partial charge on any atom is 0.220 e.